The van der Waals surface area contributed by atoms with Crippen LogP contribution in [0.15, 0.2) is 95.9 Å². The van der Waals surface area contributed by atoms with E-state index in [9.17, 15) is 4.79 Å². The smallest absolute Gasteiger partial charge is 0.247 e. The van der Waals surface area contributed by atoms with Gasteiger partial charge in [0, 0.05) is 27.3 Å². The summed E-state index contributed by atoms with van der Waals surface area (Å²) >= 11 is 18.5. The summed E-state index contributed by atoms with van der Waals surface area (Å²) in [5.74, 6) is 0. The summed E-state index contributed by atoms with van der Waals surface area (Å²) in [4.78, 5) is 14.6. The molecule has 0 fully saturated rings. The molecule has 0 amide bonds. The minimum Gasteiger partial charge on any atom is -0.329 e. The molecule has 1 aromatic heterocycles. The summed E-state index contributed by atoms with van der Waals surface area (Å²) < 4.78 is 0. The highest BCUT2D eigenvalue weighted by atomic mass is 35.5. The first kappa shape index (κ1) is 19.8. The third kappa shape index (κ3) is 3.72. The molecule has 144 valence electrons. The molecule has 0 saturated heterocycles. The van der Waals surface area contributed by atoms with Crippen molar-refractivity contribution < 1.29 is 0 Å². The number of aromatic amines is 1. The number of hydrogen-bond acceptors (Lipinski definition) is 1. The van der Waals surface area contributed by atoms with Crippen LogP contribution in [0.2, 0.25) is 15.1 Å². The summed E-state index contributed by atoms with van der Waals surface area (Å²) in [7, 11) is 0. The predicted molar refractivity (Wildman–Crippen MR) is 120 cm³/mol. The molecule has 1 N–H and O–H groups in total. The lowest BCUT2D eigenvalue weighted by molar-refractivity contribution is 0.739. The maximum Gasteiger partial charge on any atom is 0.247 e. The van der Waals surface area contributed by atoms with E-state index in [0.717, 1.165) is 22.3 Å². The number of rotatable bonds is 4. The highest BCUT2D eigenvalue weighted by Crippen LogP contribution is 2.45. The maximum atomic E-state index is 11.8. The van der Waals surface area contributed by atoms with Gasteiger partial charge in [0.1, 0.15) is 0 Å². The largest absolute Gasteiger partial charge is 0.329 e. The van der Waals surface area contributed by atoms with Crippen LogP contribution in [-0.2, 0) is 5.41 Å². The van der Waals surface area contributed by atoms with Crippen molar-refractivity contribution in [3.05, 3.63) is 139 Å². The van der Waals surface area contributed by atoms with E-state index >= 15 is 0 Å². The zero-order valence-corrected chi connectivity index (χ0v) is 17.5. The molecule has 4 aromatic rings. The first-order valence-electron chi connectivity index (χ1n) is 8.97. The van der Waals surface area contributed by atoms with E-state index in [4.69, 9.17) is 34.8 Å². The van der Waals surface area contributed by atoms with Gasteiger partial charge in [-0.15, -0.1) is 0 Å². The lowest BCUT2D eigenvalue weighted by Crippen LogP contribution is -2.31. The van der Waals surface area contributed by atoms with Crippen molar-refractivity contribution in [3.63, 3.8) is 0 Å². The molecule has 0 saturated carbocycles. The Hall–Kier alpha value is -2.52. The van der Waals surface area contributed by atoms with Gasteiger partial charge in [0.25, 0.3) is 0 Å². The van der Waals surface area contributed by atoms with Gasteiger partial charge in [-0.25, -0.2) is 0 Å². The number of H-pyrrole nitrogens is 1. The monoisotopic (exact) mass is 439 g/mol. The van der Waals surface area contributed by atoms with E-state index in [0.29, 0.717) is 15.1 Å². The Morgan fingerprint density at radius 1 is 0.517 bits per heavy atom. The fraction of sp³-hybridized carbons (Fsp3) is 0.0417. The quantitative estimate of drug-likeness (QED) is 0.351. The summed E-state index contributed by atoms with van der Waals surface area (Å²) in [6.45, 7) is 0. The Morgan fingerprint density at radius 3 is 1.17 bits per heavy atom. The Balaban J connectivity index is 2.13. The van der Waals surface area contributed by atoms with Crippen molar-refractivity contribution in [2.75, 3.05) is 0 Å². The van der Waals surface area contributed by atoms with Gasteiger partial charge in [0.05, 0.1) is 5.41 Å². The minimum absolute atomic E-state index is 0.161. The van der Waals surface area contributed by atoms with E-state index in [-0.39, 0.29) is 5.56 Å². The van der Waals surface area contributed by atoms with Gasteiger partial charge < -0.3 is 4.98 Å². The Morgan fingerprint density at radius 2 is 0.862 bits per heavy atom. The molecule has 0 aliphatic heterocycles. The average Bonchev–Trinajstić information content (AvgIpc) is 2.73. The molecular weight excluding hydrogens is 425 g/mol. The van der Waals surface area contributed by atoms with Crippen molar-refractivity contribution in [2.45, 2.75) is 5.41 Å². The van der Waals surface area contributed by atoms with Crippen LogP contribution in [0, 0.1) is 0 Å². The Labute approximate surface area is 183 Å². The van der Waals surface area contributed by atoms with Crippen LogP contribution in [0.25, 0.3) is 0 Å². The van der Waals surface area contributed by atoms with Crippen molar-refractivity contribution >= 4 is 34.8 Å². The molecule has 4 rings (SSSR count). The zero-order valence-electron chi connectivity index (χ0n) is 15.2. The number of benzene rings is 3. The molecule has 0 aliphatic rings. The first-order valence-corrected chi connectivity index (χ1v) is 10.1. The molecule has 0 spiro atoms. The van der Waals surface area contributed by atoms with Crippen molar-refractivity contribution in [2.24, 2.45) is 0 Å². The normalized spacial score (nSPS) is 11.4. The molecule has 3 aromatic carbocycles. The molecule has 0 aliphatic carbocycles. The minimum atomic E-state index is -0.704. The van der Waals surface area contributed by atoms with Crippen molar-refractivity contribution in [1.82, 2.24) is 4.98 Å². The van der Waals surface area contributed by atoms with Gasteiger partial charge in [-0.05, 0) is 58.7 Å². The van der Waals surface area contributed by atoms with Gasteiger partial charge in [0.2, 0.25) is 5.56 Å². The van der Waals surface area contributed by atoms with Crippen LogP contribution >= 0.6 is 34.8 Å². The number of halogens is 3. The predicted octanol–water partition coefficient (Wildman–Crippen LogP) is 6.72. The SMILES string of the molecule is O=c1ccc(C(c2ccc(Cl)cc2)(c2ccc(Cl)cc2)c2ccc(Cl)cc2)c[nH]1. The molecular formula is C24H16Cl3NO. The number of aromatic nitrogens is 1. The Bertz CT molecular complexity index is 1050. The van der Waals surface area contributed by atoms with Crippen LogP contribution in [-0.4, -0.2) is 4.98 Å². The van der Waals surface area contributed by atoms with Crippen LogP contribution in [0.5, 0.6) is 0 Å². The van der Waals surface area contributed by atoms with Crippen molar-refractivity contribution in [3.8, 4) is 0 Å². The molecule has 0 radical (unpaired) electrons. The standard InChI is InChI=1S/C24H16Cl3NO/c25-20-8-1-16(2-9-20)24(17-3-10-21(26)11-4-17,18-5-12-22(27)13-6-18)19-7-14-23(29)28-15-19/h1-15H,(H,28,29). The molecule has 2 nitrogen and oxygen atoms in total. The first-order chi connectivity index (χ1) is 14.0. The molecule has 1 heterocycles. The summed E-state index contributed by atoms with van der Waals surface area (Å²) in [6.07, 6.45) is 1.75. The fourth-order valence-corrected chi connectivity index (χ4v) is 4.12. The second kappa shape index (κ2) is 8.08. The second-order valence-corrected chi connectivity index (χ2v) is 8.02. The number of nitrogens with one attached hydrogen (secondary N) is 1. The van der Waals surface area contributed by atoms with E-state index in [1.165, 1.54) is 6.07 Å². The Kier molecular flexibility index (Phi) is 5.51. The van der Waals surface area contributed by atoms with E-state index in [2.05, 4.69) is 4.98 Å². The molecule has 29 heavy (non-hydrogen) atoms. The summed E-state index contributed by atoms with van der Waals surface area (Å²) in [5, 5.41) is 1.95. The molecule has 0 atom stereocenters. The molecule has 5 heteroatoms. The molecule has 0 bridgehead atoms. The van der Waals surface area contributed by atoms with E-state index < -0.39 is 5.41 Å². The average molecular weight is 441 g/mol. The lowest BCUT2D eigenvalue weighted by atomic mass is 9.65. The van der Waals surface area contributed by atoms with E-state index in [1.807, 2.05) is 78.9 Å². The van der Waals surface area contributed by atoms with Gasteiger partial charge in [-0.2, -0.15) is 0 Å². The summed E-state index contributed by atoms with van der Waals surface area (Å²) in [5.41, 5.74) is 3.04. The highest BCUT2D eigenvalue weighted by Gasteiger charge is 2.38. The van der Waals surface area contributed by atoms with Crippen LogP contribution in [0.4, 0.5) is 0 Å². The van der Waals surface area contributed by atoms with Gasteiger partial charge >= 0.3 is 0 Å². The van der Waals surface area contributed by atoms with Gasteiger partial charge in [0.15, 0.2) is 0 Å². The lowest BCUT2D eigenvalue weighted by Gasteiger charge is -2.36. The number of pyridine rings is 1. The zero-order chi connectivity index (χ0) is 20.4. The molecule has 0 unspecified atom stereocenters. The number of hydrogen-bond donors (Lipinski definition) is 1. The van der Waals surface area contributed by atoms with Crippen molar-refractivity contribution in [1.29, 1.82) is 0 Å². The third-order valence-corrected chi connectivity index (χ3v) is 5.80. The maximum absolute atomic E-state index is 11.8. The van der Waals surface area contributed by atoms with Crippen LogP contribution in [0.1, 0.15) is 22.3 Å². The third-order valence-electron chi connectivity index (χ3n) is 5.05. The second-order valence-electron chi connectivity index (χ2n) is 6.71. The highest BCUT2D eigenvalue weighted by molar-refractivity contribution is 6.31. The van der Waals surface area contributed by atoms with E-state index in [1.54, 1.807) is 6.20 Å². The van der Waals surface area contributed by atoms with Crippen LogP contribution < -0.4 is 5.56 Å². The van der Waals surface area contributed by atoms with Crippen LogP contribution in [0.3, 0.4) is 0 Å². The van der Waals surface area contributed by atoms with Gasteiger partial charge in [-0.3, -0.25) is 4.79 Å². The summed E-state index contributed by atoms with van der Waals surface area (Å²) in [6, 6.07) is 26.5. The fourth-order valence-electron chi connectivity index (χ4n) is 3.74. The topological polar surface area (TPSA) is 32.9 Å². The van der Waals surface area contributed by atoms with Gasteiger partial charge in [-0.1, -0.05) is 77.3 Å².